The lowest BCUT2D eigenvalue weighted by Crippen LogP contribution is -2.04. The van der Waals surface area contributed by atoms with E-state index in [-0.39, 0.29) is 0 Å². The first kappa shape index (κ1) is 21.3. The minimum absolute atomic E-state index is 0.492. The molecule has 0 radical (unpaired) electrons. The van der Waals surface area contributed by atoms with Gasteiger partial charge in [0.2, 0.25) is 0 Å². The highest BCUT2D eigenvalue weighted by Crippen LogP contribution is 2.49. The van der Waals surface area contributed by atoms with Gasteiger partial charge in [-0.1, -0.05) is 58.4 Å². The Labute approximate surface area is 148 Å². The average Bonchev–Trinajstić information content (AvgIpc) is 2.56. The number of hydrogen-bond donors (Lipinski definition) is 0. The van der Waals surface area contributed by atoms with E-state index in [1.165, 1.54) is 31.2 Å². The smallest absolute Gasteiger partial charge is 0.379 e. The fourth-order valence-corrected chi connectivity index (χ4v) is 4.32. The minimum Gasteiger partial charge on any atom is -0.424 e. The van der Waals surface area contributed by atoms with E-state index in [0.29, 0.717) is 18.5 Å². The molecule has 4 heteroatoms. The van der Waals surface area contributed by atoms with Crippen LogP contribution >= 0.6 is 7.60 Å². The van der Waals surface area contributed by atoms with Crippen molar-refractivity contribution in [2.45, 2.75) is 79.1 Å². The fourth-order valence-electron chi connectivity index (χ4n) is 2.51. The van der Waals surface area contributed by atoms with Crippen LogP contribution in [0.25, 0.3) is 0 Å². The maximum absolute atomic E-state index is 13.0. The number of aryl methyl sites for hydroxylation is 2. The van der Waals surface area contributed by atoms with Crippen LogP contribution in [-0.2, 0) is 9.09 Å². The summed E-state index contributed by atoms with van der Waals surface area (Å²) in [6.45, 7) is 8.93. The molecule has 0 aliphatic heterocycles. The predicted molar refractivity (Wildman–Crippen MR) is 103 cm³/mol. The van der Waals surface area contributed by atoms with Crippen molar-refractivity contribution < 1.29 is 13.6 Å². The highest BCUT2D eigenvalue weighted by Gasteiger charge is 2.25. The second kappa shape index (κ2) is 11.7. The van der Waals surface area contributed by atoms with Crippen molar-refractivity contribution in [1.29, 1.82) is 0 Å². The van der Waals surface area contributed by atoms with Crippen LogP contribution in [0.4, 0.5) is 0 Å². The van der Waals surface area contributed by atoms with E-state index >= 15 is 0 Å². The average molecular weight is 354 g/mol. The van der Waals surface area contributed by atoms with Crippen LogP contribution < -0.4 is 4.52 Å². The van der Waals surface area contributed by atoms with Gasteiger partial charge in [-0.3, -0.25) is 4.52 Å². The summed E-state index contributed by atoms with van der Waals surface area (Å²) in [6.07, 6.45) is 9.49. The van der Waals surface area contributed by atoms with E-state index in [1.54, 1.807) is 0 Å². The van der Waals surface area contributed by atoms with E-state index in [4.69, 9.17) is 9.05 Å². The molecule has 1 unspecified atom stereocenters. The van der Waals surface area contributed by atoms with Gasteiger partial charge in [-0.15, -0.1) is 0 Å². The van der Waals surface area contributed by atoms with Gasteiger partial charge in [0, 0.05) is 0 Å². The summed E-state index contributed by atoms with van der Waals surface area (Å²) >= 11 is 0. The zero-order chi connectivity index (χ0) is 17.8. The number of unbranched alkanes of at least 4 members (excludes halogenated alkanes) is 6. The van der Waals surface area contributed by atoms with Crippen LogP contribution in [0.5, 0.6) is 5.75 Å². The summed E-state index contributed by atoms with van der Waals surface area (Å²) < 4.78 is 24.6. The minimum atomic E-state index is -3.05. The Morgan fingerprint density at radius 3 is 2.21 bits per heavy atom. The van der Waals surface area contributed by atoms with Crippen molar-refractivity contribution in [3.05, 3.63) is 29.3 Å². The fraction of sp³-hybridized carbons (Fsp3) is 0.700. The SMILES string of the molecule is CCCCCCCCOP(=O)(CCCC)Oc1ccc(C)c(C)c1. The Morgan fingerprint density at radius 1 is 0.875 bits per heavy atom. The number of hydrogen-bond acceptors (Lipinski definition) is 3. The Bertz CT molecular complexity index is 514. The van der Waals surface area contributed by atoms with Crippen LogP contribution in [0.2, 0.25) is 0 Å². The number of rotatable bonds is 13. The Hall–Kier alpha value is -0.790. The lowest BCUT2D eigenvalue weighted by Gasteiger charge is -2.20. The predicted octanol–water partition coefficient (Wildman–Crippen LogP) is 7.05. The maximum Gasteiger partial charge on any atom is 0.379 e. The lowest BCUT2D eigenvalue weighted by molar-refractivity contribution is 0.257. The second-order valence-corrected chi connectivity index (χ2v) is 8.74. The van der Waals surface area contributed by atoms with Gasteiger partial charge in [-0.25, -0.2) is 4.57 Å². The van der Waals surface area contributed by atoms with Crippen LogP contribution in [0.3, 0.4) is 0 Å². The molecule has 0 saturated heterocycles. The normalized spacial score (nSPS) is 13.7. The van der Waals surface area contributed by atoms with E-state index in [9.17, 15) is 4.57 Å². The summed E-state index contributed by atoms with van der Waals surface area (Å²) in [7, 11) is -3.05. The van der Waals surface area contributed by atoms with Gasteiger partial charge < -0.3 is 4.52 Å². The van der Waals surface area contributed by atoms with Crippen molar-refractivity contribution in [2.24, 2.45) is 0 Å². The van der Waals surface area contributed by atoms with Crippen LogP contribution in [0.15, 0.2) is 18.2 Å². The van der Waals surface area contributed by atoms with Gasteiger partial charge in [0.1, 0.15) is 5.75 Å². The molecule has 0 aromatic heterocycles. The van der Waals surface area contributed by atoms with Gasteiger partial charge in [0.25, 0.3) is 0 Å². The zero-order valence-corrected chi connectivity index (χ0v) is 16.9. The lowest BCUT2D eigenvalue weighted by atomic mass is 10.1. The highest BCUT2D eigenvalue weighted by molar-refractivity contribution is 7.54. The highest BCUT2D eigenvalue weighted by atomic mass is 31.2. The molecule has 0 aliphatic rings. The Morgan fingerprint density at radius 2 is 1.54 bits per heavy atom. The molecule has 1 atom stereocenters. The van der Waals surface area contributed by atoms with E-state index in [1.807, 2.05) is 25.1 Å². The molecule has 0 saturated carbocycles. The first-order valence-electron chi connectivity index (χ1n) is 9.51. The van der Waals surface area contributed by atoms with Crippen LogP contribution in [-0.4, -0.2) is 12.8 Å². The Kier molecular flexibility index (Phi) is 10.4. The van der Waals surface area contributed by atoms with Crippen molar-refractivity contribution in [2.75, 3.05) is 12.8 Å². The van der Waals surface area contributed by atoms with E-state index < -0.39 is 7.60 Å². The molecule has 0 bridgehead atoms. The third-order valence-electron chi connectivity index (χ3n) is 4.29. The van der Waals surface area contributed by atoms with Crippen molar-refractivity contribution in [3.63, 3.8) is 0 Å². The van der Waals surface area contributed by atoms with Gasteiger partial charge in [-0.05, 0) is 49.9 Å². The number of benzene rings is 1. The third-order valence-corrected chi connectivity index (χ3v) is 6.22. The van der Waals surface area contributed by atoms with Gasteiger partial charge in [-0.2, -0.15) is 0 Å². The van der Waals surface area contributed by atoms with Crippen LogP contribution in [0, 0.1) is 13.8 Å². The van der Waals surface area contributed by atoms with Crippen molar-refractivity contribution in [1.82, 2.24) is 0 Å². The van der Waals surface area contributed by atoms with Crippen molar-refractivity contribution >= 4 is 7.60 Å². The largest absolute Gasteiger partial charge is 0.424 e. The molecule has 3 nitrogen and oxygen atoms in total. The molecule has 0 aliphatic carbocycles. The third kappa shape index (κ3) is 8.35. The zero-order valence-electron chi connectivity index (χ0n) is 16.0. The van der Waals surface area contributed by atoms with Gasteiger partial charge in [0.15, 0.2) is 0 Å². The van der Waals surface area contributed by atoms with Gasteiger partial charge in [0.05, 0.1) is 12.8 Å². The molecule has 24 heavy (non-hydrogen) atoms. The molecule has 1 rings (SSSR count). The Balaban J connectivity index is 2.51. The molecule has 0 amide bonds. The molecule has 0 heterocycles. The molecular formula is C20H35O3P. The second-order valence-electron chi connectivity index (χ2n) is 6.63. The first-order chi connectivity index (χ1) is 11.5. The van der Waals surface area contributed by atoms with Gasteiger partial charge >= 0.3 is 7.60 Å². The molecule has 138 valence electrons. The van der Waals surface area contributed by atoms with E-state index in [2.05, 4.69) is 20.8 Å². The summed E-state index contributed by atoms with van der Waals surface area (Å²) in [5.41, 5.74) is 2.35. The molecule has 1 aromatic rings. The summed E-state index contributed by atoms with van der Waals surface area (Å²) in [4.78, 5) is 0. The standard InChI is InChI=1S/C20H35O3P/c1-5-7-9-10-11-12-15-22-24(21,16-8-6-2)23-20-14-13-18(3)19(4)17-20/h13-14,17H,5-12,15-16H2,1-4H3. The van der Waals surface area contributed by atoms with Crippen LogP contribution in [0.1, 0.15) is 76.3 Å². The van der Waals surface area contributed by atoms with E-state index in [0.717, 1.165) is 31.2 Å². The molecule has 0 N–H and O–H groups in total. The monoisotopic (exact) mass is 354 g/mol. The molecular weight excluding hydrogens is 319 g/mol. The molecule has 1 aromatic carbocycles. The maximum atomic E-state index is 13.0. The topological polar surface area (TPSA) is 35.5 Å². The molecule has 0 fully saturated rings. The summed E-state index contributed by atoms with van der Waals surface area (Å²) in [6, 6.07) is 5.83. The van der Waals surface area contributed by atoms with Crippen molar-refractivity contribution in [3.8, 4) is 5.75 Å². The summed E-state index contributed by atoms with van der Waals surface area (Å²) in [5, 5.41) is 0. The molecule has 0 spiro atoms. The first-order valence-corrected chi connectivity index (χ1v) is 11.2. The quantitative estimate of drug-likeness (QED) is 0.281. The summed E-state index contributed by atoms with van der Waals surface area (Å²) in [5.74, 6) is 0.653.